The molecule has 0 atom stereocenters. The number of nitrogens with one attached hydrogen (secondary N) is 2. The molecule has 1 saturated heterocycles. The van der Waals surface area contributed by atoms with Crippen LogP contribution in [0.5, 0.6) is 0 Å². The van der Waals surface area contributed by atoms with Gasteiger partial charge in [0.25, 0.3) is 5.91 Å². The fourth-order valence-corrected chi connectivity index (χ4v) is 2.11. The summed E-state index contributed by atoms with van der Waals surface area (Å²) >= 11 is 0. The van der Waals surface area contributed by atoms with Gasteiger partial charge in [0.1, 0.15) is 11.6 Å². The highest BCUT2D eigenvalue weighted by Gasteiger charge is 2.19. The number of benzene rings is 1. The highest BCUT2D eigenvalue weighted by atomic mass is 19.1. The summed E-state index contributed by atoms with van der Waals surface area (Å²) < 4.78 is 26.7. The Bertz CT molecular complexity index is 557. The van der Waals surface area contributed by atoms with Crippen molar-refractivity contribution in [3.05, 3.63) is 34.9 Å². The highest BCUT2D eigenvalue weighted by Crippen LogP contribution is 2.14. The molecule has 2 N–H and O–H groups in total. The maximum atomic E-state index is 13.6. The number of hydrogen-bond acceptors (Lipinski definition) is 3. The molecule has 0 aromatic heterocycles. The monoisotopic (exact) mass is 297 g/mol. The fraction of sp³-hybridized carbons (Fsp3) is 0.429. The molecule has 21 heavy (non-hydrogen) atoms. The van der Waals surface area contributed by atoms with Crippen LogP contribution in [0.1, 0.15) is 15.9 Å². The third kappa shape index (κ3) is 3.75. The first-order chi connectivity index (χ1) is 9.99. The van der Waals surface area contributed by atoms with Crippen LogP contribution in [0, 0.1) is 18.6 Å². The molecule has 1 fully saturated rings. The Morgan fingerprint density at radius 1 is 1.24 bits per heavy atom. The lowest BCUT2D eigenvalue weighted by molar-refractivity contribution is -0.130. The Morgan fingerprint density at radius 2 is 1.90 bits per heavy atom. The molecule has 7 heteroatoms. The number of carbonyl (C=O) groups excluding carboxylic acids is 2. The molecule has 5 nitrogen and oxygen atoms in total. The quantitative estimate of drug-likeness (QED) is 0.851. The summed E-state index contributed by atoms with van der Waals surface area (Å²) in [5, 5.41) is 5.48. The van der Waals surface area contributed by atoms with Gasteiger partial charge in [0.15, 0.2) is 0 Å². The van der Waals surface area contributed by atoms with Crippen molar-refractivity contribution >= 4 is 11.8 Å². The Hall–Kier alpha value is -2.02. The van der Waals surface area contributed by atoms with E-state index in [4.69, 9.17) is 0 Å². The van der Waals surface area contributed by atoms with Gasteiger partial charge in [-0.2, -0.15) is 0 Å². The summed E-state index contributed by atoms with van der Waals surface area (Å²) in [6.45, 7) is 3.83. The van der Waals surface area contributed by atoms with Gasteiger partial charge in [0, 0.05) is 32.2 Å². The predicted molar refractivity (Wildman–Crippen MR) is 72.9 cm³/mol. The summed E-state index contributed by atoms with van der Waals surface area (Å²) in [4.78, 5) is 25.4. The summed E-state index contributed by atoms with van der Waals surface area (Å²) in [6.07, 6.45) is 0. The first-order valence-corrected chi connectivity index (χ1v) is 6.71. The van der Waals surface area contributed by atoms with Crippen molar-refractivity contribution in [1.29, 1.82) is 0 Å². The minimum Gasteiger partial charge on any atom is -0.343 e. The maximum Gasteiger partial charge on any atom is 0.254 e. The van der Waals surface area contributed by atoms with Gasteiger partial charge in [0.2, 0.25) is 5.91 Å². The zero-order valence-corrected chi connectivity index (χ0v) is 11.7. The van der Waals surface area contributed by atoms with Gasteiger partial charge in [-0.3, -0.25) is 9.59 Å². The van der Waals surface area contributed by atoms with Crippen molar-refractivity contribution in [2.24, 2.45) is 0 Å². The molecule has 0 spiro atoms. The van der Waals surface area contributed by atoms with E-state index >= 15 is 0 Å². The van der Waals surface area contributed by atoms with Crippen molar-refractivity contribution in [2.75, 3.05) is 32.7 Å². The SMILES string of the molecule is Cc1cc(C(=O)NCC(=O)N2CCNCC2)c(F)cc1F. The average Bonchev–Trinajstić information content (AvgIpc) is 2.49. The van der Waals surface area contributed by atoms with Crippen LogP contribution in [-0.2, 0) is 4.79 Å². The standard InChI is InChI=1S/C14H17F2N3O2/c1-9-6-10(12(16)7-11(9)15)14(21)18-8-13(20)19-4-2-17-3-5-19/h6-7,17H,2-5,8H2,1H3,(H,18,21). The van der Waals surface area contributed by atoms with Gasteiger partial charge >= 0.3 is 0 Å². The summed E-state index contributed by atoms with van der Waals surface area (Å²) in [6, 6.07) is 1.80. The molecule has 1 aliphatic rings. The van der Waals surface area contributed by atoms with Crippen molar-refractivity contribution in [2.45, 2.75) is 6.92 Å². The van der Waals surface area contributed by atoms with Gasteiger partial charge in [-0.05, 0) is 18.6 Å². The molecular weight excluding hydrogens is 280 g/mol. The summed E-state index contributed by atoms with van der Waals surface area (Å²) in [7, 11) is 0. The number of halogens is 2. The topological polar surface area (TPSA) is 61.4 Å². The second-order valence-electron chi connectivity index (χ2n) is 4.89. The van der Waals surface area contributed by atoms with E-state index in [9.17, 15) is 18.4 Å². The lowest BCUT2D eigenvalue weighted by Gasteiger charge is -2.27. The molecule has 1 heterocycles. The largest absolute Gasteiger partial charge is 0.343 e. The summed E-state index contributed by atoms with van der Waals surface area (Å²) in [5.41, 5.74) is -0.0861. The van der Waals surface area contributed by atoms with Crippen LogP contribution in [0.25, 0.3) is 0 Å². The van der Waals surface area contributed by atoms with E-state index in [0.717, 1.165) is 6.07 Å². The van der Waals surface area contributed by atoms with Gasteiger partial charge in [0.05, 0.1) is 12.1 Å². The number of carbonyl (C=O) groups is 2. The van der Waals surface area contributed by atoms with Crippen LogP contribution in [0.3, 0.4) is 0 Å². The van der Waals surface area contributed by atoms with Crippen molar-refractivity contribution in [1.82, 2.24) is 15.5 Å². The van der Waals surface area contributed by atoms with Crippen molar-refractivity contribution in [3.63, 3.8) is 0 Å². The second kappa shape index (κ2) is 6.62. The predicted octanol–water partition coefficient (Wildman–Crippen LogP) is 0.435. The molecule has 114 valence electrons. The van der Waals surface area contributed by atoms with E-state index in [2.05, 4.69) is 10.6 Å². The van der Waals surface area contributed by atoms with Crippen LogP contribution < -0.4 is 10.6 Å². The summed E-state index contributed by atoms with van der Waals surface area (Å²) in [5.74, 6) is -2.59. The van der Waals surface area contributed by atoms with Crippen molar-refractivity contribution < 1.29 is 18.4 Å². The van der Waals surface area contributed by atoms with E-state index in [1.54, 1.807) is 4.90 Å². The van der Waals surface area contributed by atoms with E-state index in [0.29, 0.717) is 32.2 Å². The zero-order chi connectivity index (χ0) is 15.4. The van der Waals surface area contributed by atoms with Crippen molar-refractivity contribution in [3.8, 4) is 0 Å². The van der Waals surface area contributed by atoms with Crippen LogP contribution in [-0.4, -0.2) is 49.4 Å². The van der Waals surface area contributed by atoms with Crippen LogP contribution in [0.15, 0.2) is 12.1 Å². The Balaban J connectivity index is 1.95. The molecule has 1 aliphatic heterocycles. The molecule has 0 saturated carbocycles. The first-order valence-electron chi connectivity index (χ1n) is 6.71. The molecule has 0 aliphatic carbocycles. The number of hydrogen-bond donors (Lipinski definition) is 2. The molecule has 0 bridgehead atoms. The van der Waals surface area contributed by atoms with Gasteiger partial charge in [-0.25, -0.2) is 8.78 Å². The maximum absolute atomic E-state index is 13.6. The number of amides is 2. The smallest absolute Gasteiger partial charge is 0.254 e. The fourth-order valence-electron chi connectivity index (χ4n) is 2.11. The molecule has 1 aromatic carbocycles. The van der Waals surface area contributed by atoms with E-state index in [1.807, 2.05) is 0 Å². The molecular formula is C14H17F2N3O2. The van der Waals surface area contributed by atoms with Crippen LogP contribution in [0.2, 0.25) is 0 Å². The molecule has 2 amide bonds. The number of piperazine rings is 1. The van der Waals surface area contributed by atoms with E-state index in [-0.39, 0.29) is 23.6 Å². The molecule has 0 unspecified atom stereocenters. The molecule has 1 aromatic rings. The third-order valence-corrected chi connectivity index (χ3v) is 3.36. The average molecular weight is 297 g/mol. The van der Waals surface area contributed by atoms with Crippen LogP contribution >= 0.6 is 0 Å². The minimum absolute atomic E-state index is 0.176. The first kappa shape index (κ1) is 15.4. The Kier molecular flexibility index (Phi) is 4.85. The highest BCUT2D eigenvalue weighted by molar-refractivity contribution is 5.96. The van der Waals surface area contributed by atoms with Crippen LogP contribution in [0.4, 0.5) is 8.78 Å². The minimum atomic E-state index is -0.940. The Labute approximate surface area is 121 Å². The van der Waals surface area contributed by atoms with E-state index in [1.165, 1.54) is 6.92 Å². The van der Waals surface area contributed by atoms with Gasteiger partial charge in [-0.1, -0.05) is 0 Å². The molecule has 2 rings (SSSR count). The second-order valence-corrected chi connectivity index (χ2v) is 4.89. The molecule has 0 radical (unpaired) electrons. The lowest BCUT2D eigenvalue weighted by Crippen LogP contribution is -2.49. The number of rotatable bonds is 3. The lowest BCUT2D eigenvalue weighted by atomic mass is 10.1. The normalized spacial score (nSPS) is 14.9. The number of aryl methyl sites for hydroxylation is 1. The van der Waals surface area contributed by atoms with E-state index < -0.39 is 17.5 Å². The van der Waals surface area contributed by atoms with Gasteiger partial charge < -0.3 is 15.5 Å². The third-order valence-electron chi connectivity index (χ3n) is 3.36. The Morgan fingerprint density at radius 3 is 2.57 bits per heavy atom. The number of nitrogens with zero attached hydrogens (tertiary/aromatic N) is 1. The van der Waals surface area contributed by atoms with Gasteiger partial charge in [-0.15, -0.1) is 0 Å². The zero-order valence-electron chi connectivity index (χ0n) is 11.7.